The van der Waals surface area contributed by atoms with Gasteiger partial charge < -0.3 is 20.3 Å². The molecule has 40 heavy (non-hydrogen) atoms. The van der Waals surface area contributed by atoms with Crippen molar-refractivity contribution in [3.63, 3.8) is 0 Å². The van der Waals surface area contributed by atoms with Crippen LogP contribution in [-0.2, 0) is 29.3 Å². The number of halogens is 2. The molecule has 0 spiro atoms. The van der Waals surface area contributed by atoms with E-state index in [-0.39, 0.29) is 26.2 Å². The maximum atomic E-state index is 11.6. The van der Waals surface area contributed by atoms with Crippen molar-refractivity contribution in [1.82, 2.24) is 10.3 Å². The lowest BCUT2D eigenvalue weighted by Crippen LogP contribution is -2.39. The minimum Gasteiger partial charge on any atom is -0.488 e. The van der Waals surface area contributed by atoms with Crippen LogP contribution in [0.1, 0.15) is 23.1 Å². The van der Waals surface area contributed by atoms with Crippen LogP contribution in [0.4, 0.5) is 0 Å². The van der Waals surface area contributed by atoms with Crippen LogP contribution in [0.15, 0.2) is 89.7 Å². The summed E-state index contributed by atoms with van der Waals surface area (Å²) in [6, 6.07) is 21.8. The summed E-state index contributed by atoms with van der Waals surface area (Å²) >= 11 is 10.3. The van der Waals surface area contributed by atoms with Crippen LogP contribution in [0.5, 0.6) is 11.5 Å². The van der Waals surface area contributed by atoms with Gasteiger partial charge >= 0.3 is 5.97 Å². The highest BCUT2D eigenvalue weighted by atomic mass is 79.9. The minimum absolute atomic E-state index is 0.0668. The summed E-state index contributed by atoms with van der Waals surface area (Å²) in [5.41, 5.74) is 9.68. The van der Waals surface area contributed by atoms with Gasteiger partial charge in [-0.05, 0) is 39.2 Å². The van der Waals surface area contributed by atoms with Crippen molar-refractivity contribution in [2.45, 2.75) is 32.2 Å². The first-order chi connectivity index (χ1) is 19.3. The van der Waals surface area contributed by atoms with Gasteiger partial charge in [0.2, 0.25) is 5.91 Å². The zero-order valence-electron chi connectivity index (χ0n) is 21.3. The van der Waals surface area contributed by atoms with E-state index in [4.69, 9.17) is 26.8 Å². The van der Waals surface area contributed by atoms with E-state index in [9.17, 15) is 14.7 Å². The second-order valence-electron chi connectivity index (χ2n) is 8.92. The van der Waals surface area contributed by atoms with E-state index < -0.39 is 17.9 Å². The highest BCUT2D eigenvalue weighted by Crippen LogP contribution is 2.36. The summed E-state index contributed by atoms with van der Waals surface area (Å²) in [6.45, 7) is 0.522. The largest absolute Gasteiger partial charge is 0.488 e. The molecule has 0 aliphatic carbocycles. The first-order valence-electron chi connectivity index (χ1n) is 12.4. The molecule has 0 bridgehead atoms. The molecular formula is C30H27BrClN3O5. The van der Waals surface area contributed by atoms with Crippen LogP contribution in [0, 0.1) is 0 Å². The fraction of sp³-hybridized carbons (Fsp3) is 0.167. The molecule has 0 fully saturated rings. The highest BCUT2D eigenvalue weighted by Gasteiger charge is 2.21. The number of pyridine rings is 1. The second kappa shape index (κ2) is 13.9. The zero-order chi connectivity index (χ0) is 28.5. The molecule has 0 aliphatic heterocycles. The fourth-order valence-electron chi connectivity index (χ4n) is 3.97. The maximum absolute atomic E-state index is 11.6. The van der Waals surface area contributed by atoms with Gasteiger partial charge in [0.25, 0.3) is 0 Å². The zero-order valence-corrected chi connectivity index (χ0v) is 23.7. The number of carboxylic acid groups (broad SMARTS) is 1. The molecule has 8 nitrogen and oxygen atoms in total. The first kappa shape index (κ1) is 29.1. The van der Waals surface area contributed by atoms with Crippen molar-refractivity contribution >= 4 is 39.4 Å². The number of aliphatic carboxylic acids is 1. The number of ether oxygens (including phenoxy) is 2. The molecule has 1 heterocycles. The molecule has 3 aromatic carbocycles. The molecule has 1 amide bonds. The van der Waals surface area contributed by atoms with Crippen molar-refractivity contribution in [3.8, 4) is 22.6 Å². The number of carbonyl (C=O) groups is 2. The lowest BCUT2D eigenvalue weighted by atomic mass is 10.0. The predicted octanol–water partition coefficient (Wildman–Crippen LogP) is 5.74. The Morgan fingerprint density at radius 2 is 1.75 bits per heavy atom. The monoisotopic (exact) mass is 623 g/mol. The average molecular weight is 625 g/mol. The van der Waals surface area contributed by atoms with Gasteiger partial charge in [-0.25, -0.2) is 0 Å². The van der Waals surface area contributed by atoms with Crippen LogP contribution in [0.25, 0.3) is 11.1 Å². The second-order valence-corrected chi connectivity index (χ2v) is 10.1. The number of amides is 1. The number of rotatable bonds is 13. The van der Waals surface area contributed by atoms with Crippen LogP contribution in [0.3, 0.4) is 0 Å². The maximum Gasteiger partial charge on any atom is 0.321 e. The molecule has 10 heteroatoms. The number of nitrogens with zero attached hydrogens (tertiary/aromatic N) is 1. The SMILES string of the molecule is NC(=O)CC(NCc1cc(Cl)c(OCc2cccc(-c3ccccc3)c2Br)cc1OCc1cccnc1)C(=O)O. The van der Waals surface area contributed by atoms with Crippen LogP contribution >= 0.6 is 27.5 Å². The molecule has 0 saturated carbocycles. The van der Waals surface area contributed by atoms with E-state index in [1.165, 1.54) is 0 Å². The third-order valence-electron chi connectivity index (χ3n) is 6.02. The van der Waals surface area contributed by atoms with Crippen LogP contribution in [-0.4, -0.2) is 28.0 Å². The molecule has 1 unspecified atom stereocenters. The molecule has 1 atom stereocenters. The summed E-state index contributed by atoms with van der Waals surface area (Å²) < 4.78 is 13.1. The number of nitrogens with two attached hydrogens (primary N) is 1. The number of carbonyl (C=O) groups excluding carboxylic acids is 1. The third-order valence-corrected chi connectivity index (χ3v) is 7.25. The molecule has 0 saturated heterocycles. The molecule has 0 radical (unpaired) electrons. The number of hydrogen-bond donors (Lipinski definition) is 3. The summed E-state index contributed by atoms with van der Waals surface area (Å²) in [5, 5.41) is 12.6. The predicted molar refractivity (Wildman–Crippen MR) is 156 cm³/mol. The molecule has 206 valence electrons. The highest BCUT2D eigenvalue weighted by molar-refractivity contribution is 9.10. The van der Waals surface area contributed by atoms with E-state index in [0.717, 1.165) is 26.7 Å². The number of hydrogen-bond acceptors (Lipinski definition) is 6. The van der Waals surface area contributed by atoms with E-state index in [2.05, 4.69) is 26.2 Å². The molecule has 4 aromatic rings. The normalized spacial score (nSPS) is 11.6. The van der Waals surface area contributed by atoms with Gasteiger partial charge in [0, 0.05) is 46.2 Å². The van der Waals surface area contributed by atoms with Crippen molar-refractivity contribution in [3.05, 3.63) is 111 Å². The Morgan fingerprint density at radius 3 is 2.45 bits per heavy atom. The van der Waals surface area contributed by atoms with E-state index in [0.29, 0.717) is 22.1 Å². The smallest absolute Gasteiger partial charge is 0.321 e. The Bertz CT molecular complexity index is 1470. The van der Waals surface area contributed by atoms with Gasteiger partial charge in [-0.3, -0.25) is 19.9 Å². The summed E-state index contributed by atoms with van der Waals surface area (Å²) in [7, 11) is 0. The van der Waals surface area contributed by atoms with Crippen LogP contribution < -0.4 is 20.5 Å². The number of carboxylic acids is 1. The van der Waals surface area contributed by atoms with Gasteiger partial charge in [0.05, 0.1) is 11.4 Å². The number of nitrogens with one attached hydrogen (secondary N) is 1. The fourth-order valence-corrected chi connectivity index (χ4v) is 4.82. The number of benzene rings is 3. The van der Waals surface area contributed by atoms with Crippen molar-refractivity contribution in [2.24, 2.45) is 5.73 Å². The molecular weight excluding hydrogens is 598 g/mol. The standard InChI is InChI=1S/C30H27BrClN3O5/c31-29-21(9-4-10-23(29)20-7-2-1-3-8-20)18-40-27-14-26(39-17-19-6-5-11-34-15-19)22(12-24(27)32)16-35-25(30(37)38)13-28(33)36/h1-12,14-15,25,35H,13,16-18H2,(H2,33,36)(H,37,38). The van der Waals surface area contributed by atoms with Gasteiger partial charge in [-0.2, -0.15) is 0 Å². The quantitative estimate of drug-likeness (QED) is 0.173. The Hall–Kier alpha value is -3.92. The number of aromatic nitrogens is 1. The van der Waals surface area contributed by atoms with Gasteiger partial charge in [-0.15, -0.1) is 0 Å². The van der Waals surface area contributed by atoms with Crippen molar-refractivity contribution in [1.29, 1.82) is 0 Å². The Kier molecular flexibility index (Phi) is 10.1. The summed E-state index contributed by atoms with van der Waals surface area (Å²) in [4.78, 5) is 27.0. The number of primary amides is 1. The minimum atomic E-state index is -1.19. The van der Waals surface area contributed by atoms with Gasteiger partial charge in [0.1, 0.15) is 30.8 Å². The van der Waals surface area contributed by atoms with E-state index >= 15 is 0 Å². The van der Waals surface area contributed by atoms with Gasteiger partial charge in [-0.1, -0.05) is 66.2 Å². The summed E-state index contributed by atoms with van der Waals surface area (Å²) in [5.74, 6) is -1.07. The lowest BCUT2D eigenvalue weighted by molar-refractivity contribution is -0.141. The van der Waals surface area contributed by atoms with Gasteiger partial charge in [0.15, 0.2) is 0 Å². The van der Waals surface area contributed by atoms with Crippen molar-refractivity contribution < 1.29 is 24.2 Å². The summed E-state index contributed by atoms with van der Waals surface area (Å²) in [6.07, 6.45) is 3.01. The van der Waals surface area contributed by atoms with E-state index in [1.807, 2.05) is 54.6 Å². The topological polar surface area (TPSA) is 124 Å². The van der Waals surface area contributed by atoms with Crippen LogP contribution in [0.2, 0.25) is 5.02 Å². The van der Waals surface area contributed by atoms with Crippen molar-refractivity contribution in [2.75, 3.05) is 0 Å². The Balaban J connectivity index is 1.56. The Morgan fingerprint density at radius 1 is 0.975 bits per heavy atom. The molecule has 1 aromatic heterocycles. The lowest BCUT2D eigenvalue weighted by Gasteiger charge is -2.18. The first-order valence-corrected chi connectivity index (χ1v) is 13.5. The third kappa shape index (κ3) is 7.81. The Labute approximate surface area is 245 Å². The molecule has 4 rings (SSSR count). The molecule has 4 N–H and O–H groups in total. The molecule has 0 aliphatic rings. The van der Waals surface area contributed by atoms with E-state index in [1.54, 1.807) is 30.6 Å². The average Bonchev–Trinajstić information content (AvgIpc) is 2.95.